The van der Waals surface area contributed by atoms with Crippen LogP contribution in [0.4, 0.5) is 5.69 Å². The Hall–Kier alpha value is -0.700. The molecule has 3 nitrogen and oxygen atoms in total. The molecule has 1 heterocycles. The SMILES string of the molecule is Nc1cnn(C2CCC2)c1Cl. The van der Waals surface area contributed by atoms with E-state index in [4.69, 9.17) is 17.3 Å². The number of anilines is 1. The van der Waals surface area contributed by atoms with E-state index in [1.807, 2.05) is 4.68 Å². The smallest absolute Gasteiger partial charge is 0.150 e. The van der Waals surface area contributed by atoms with Gasteiger partial charge in [0, 0.05) is 0 Å². The molecule has 60 valence electrons. The molecule has 0 radical (unpaired) electrons. The number of halogens is 1. The Morgan fingerprint density at radius 2 is 2.36 bits per heavy atom. The summed E-state index contributed by atoms with van der Waals surface area (Å²) in [6, 6.07) is 0.500. The molecule has 0 amide bonds. The summed E-state index contributed by atoms with van der Waals surface area (Å²) in [5.74, 6) is 0. The van der Waals surface area contributed by atoms with E-state index in [0.29, 0.717) is 16.9 Å². The molecule has 1 aromatic heterocycles. The normalized spacial score (nSPS) is 18.3. The van der Waals surface area contributed by atoms with Gasteiger partial charge in [-0.25, -0.2) is 4.68 Å². The molecule has 11 heavy (non-hydrogen) atoms. The van der Waals surface area contributed by atoms with E-state index in [1.54, 1.807) is 6.20 Å². The van der Waals surface area contributed by atoms with Crippen LogP contribution in [0.2, 0.25) is 5.15 Å². The second kappa shape index (κ2) is 2.41. The van der Waals surface area contributed by atoms with Crippen LogP contribution >= 0.6 is 11.6 Å². The van der Waals surface area contributed by atoms with E-state index in [1.165, 1.54) is 19.3 Å². The molecule has 1 saturated carbocycles. The average molecular weight is 172 g/mol. The molecule has 0 atom stereocenters. The van der Waals surface area contributed by atoms with Gasteiger partial charge in [-0.05, 0) is 19.3 Å². The summed E-state index contributed by atoms with van der Waals surface area (Å²) in [4.78, 5) is 0. The highest BCUT2D eigenvalue weighted by Gasteiger charge is 2.22. The lowest BCUT2D eigenvalue weighted by Gasteiger charge is -2.26. The quantitative estimate of drug-likeness (QED) is 0.701. The fourth-order valence-corrected chi connectivity index (χ4v) is 1.48. The van der Waals surface area contributed by atoms with Gasteiger partial charge in [0.15, 0.2) is 0 Å². The number of nitrogens with two attached hydrogens (primary N) is 1. The third-order valence-electron chi connectivity index (χ3n) is 2.18. The van der Waals surface area contributed by atoms with Crippen LogP contribution in [0.5, 0.6) is 0 Å². The molecular formula is C7H10ClN3. The molecule has 0 aromatic carbocycles. The summed E-state index contributed by atoms with van der Waals surface area (Å²) < 4.78 is 1.82. The number of hydrogen-bond acceptors (Lipinski definition) is 2. The van der Waals surface area contributed by atoms with Gasteiger partial charge in [-0.15, -0.1) is 0 Å². The van der Waals surface area contributed by atoms with Gasteiger partial charge < -0.3 is 5.73 Å². The summed E-state index contributed by atoms with van der Waals surface area (Å²) in [7, 11) is 0. The maximum Gasteiger partial charge on any atom is 0.150 e. The molecule has 0 aliphatic heterocycles. The van der Waals surface area contributed by atoms with Gasteiger partial charge in [-0.1, -0.05) is 11.6 Å². The van der Waals surface area contributed by atoms with Crippen LogP contribution in [0, 0.1) is 0 Å². The van der Waals surface area contributed by atoms with Crippen LogP contribution in [0.25, 0.3) is 0 Å². The predicted octanol–water partition coefficient (Wildman–Crippen LogP) is 1.84. The molecule has 1 aliphatic carbocycles. The molecule has 2 rings (SSSR count). The molecule has 0 unspecified atom stereocenters. The summed E-state index contributed by atoms with van der Waals surface area (Å²) in [5.41, 5.74) is 6.12. The minimum atomic E-state index is 0.500. The highest BCUT2D eigenvalue weighted by molar-refractivity contribution is 6.32. The Balaban J connectivity index is 2.29. The number of hydrogen-bond donors (Lipinski definition) is 1. The third-order valence-corrected chi connectivity index (χ3v) is 2.57. The Morgan fingerprint density at radius 1 is 1.64 bits per heavy atom. The van der Waals surface area contributed by atoms with Gasteiger partial charge in [-0.2, -0.15) is 5.10 Å². The van der Waals surface area contributed by atoms with Crippen molar-refractivity contribution in [2.75, 3.05) is 5.73 Å². The zero-order valence-corrected chi connectivity index (χ0v) is 6.88. The first-order valence-corrected chi connectivity index (χ1v) is 4.15. The van der Waals surface area contributed by atoms with Gasteiger partial charge >= 0.3 is 0 Å². The maximum absolute atomic E-state index is 5.89. The van der Waals surface area contributed by atoms with Crippen molar-refractivity contribution in [3.05, 3.63) is 11.3 Å². The van der Waals surface area contributed by atoms with Crippen molar-refractivity contribution in [2.45, 2.75) is 25.3 Å². The minimum Gasteiger partial charge on any atom is -0.395 e. The van der Waals surface area contributed by atoms with E-state index < -0.39 is 0 Å². The van der Waals surface area contributed by atoms with Crippen molar-refractivity contribution in [3.63, 3.8) is 0 Å². The average Bonchev–Trinajstić information content (AvgIpc) is 2.15. The molecule has 0 bridgehead atoms. The fraction of sp³-hybridized carbons (Fsp3) is 0.571. The van der Waals surface area contributed by atoms with E-state index in [2.05, 4.69) is 5.10 Å². The number of rotatable bonds is 1. The van der Waals surface area contributed by atoms with Crippen LogP contribution in [0.15, 0.2) is 6.20 Å². The molecule has 1 aromatic rings. The lowest BCUT2D eigenvalue weighted by molar-refractivity contribution is 0.290. The van der Waals surface area contributed by atoms with Crippen LogP contribution < -0.4 is 5.73 Å². The lowest BCUT2D eigenvalue weighted by atomic mass is 9.93. The van der Waals surface area contributed by atoms with Crippen LogP contribution in [0.3, 0.4) is 0 Å². The van der Waals surface area contributed by atoms with Gasteiger partial charge in [0.05, 0.1) is 17.9 Å². The maximum atomic E-state index is 5.89. The zero-order chi connectivity index (χ0) is 7.84. The van der Waals surface area contributed by atoms with Crippen molar-refractivity contribution in [1.29, 1.82) is 0 Å². The molecule has 0 spiro atoms. The van der Waals surface area contributed by atoms with Crippen molar-refractivity contribution >= 4 is 17.3 Å². The van der Waals surface area contributed by atoms with E-state index in [9.17, 15) is 0 Å². The first kappa shape index (κ1) is 6.98. The molecule has 1 aliphatic rings. The Labute approximate surface area is 70.1 Å². The van der Waals surface area contributed by atoms with E-state index in [-0.39, 0.29) is 0 Å². The summed E-state index contributed by atoms with van der Waals surface area (Å²) >= 11 is 5.89. The zero-order valence-electron chi connectivity index (χ0n) is 6.13. The second-order valence-electron chi connectivity index (χ2n) is 2.92. The first-order chi connectivity index (χ1) is 5.29. The van der Waals surface area contributed by atoms with Crippen LogP contribution in [0.1, 0.15) is 25.3 Å². The fourth-order valence-electron chi connectivity index (χ4n) is 1.25. The van der Waals surface area contributed by atoms with E-state index in [0.717, 1.165) is 0 Å². The van der Waals surface area contributed by atoms with E-state index >= 15 is 0 Å². The summed E-state index contributed by atoms with van der Waals surface area (Å²) in [5, 5.41) is 4.69. The predicted molar refractivity (Wildman–Crippen MR) is 44.5 cm³/mol. The third kappa shape index (κ3) is 0.997. The number of nitrogen functional groups attached to an aromatic ring is 1. The Morgan fingerprint density at radius 3 is 2.73 bits per heavy atom. The monoisotopic (exact) mass is 171 g/mol. The highest BCUT2D eigenvalue weighted by atomic mass is 35.5. The van der Waals surface area contributed by atoms with Crippen molar-refractivity contribution < 1.29 is 0 Å². The van der Waals surface area contributed by atoms with Gasteiger partial charge in [0.2, 0.25) is 0 Å². The molecule has 4 heteroatoms. The molecule has 1 fully saturated rings. The molecular weight excluding hydrogens is 162 g/mol. The Kier molecular flexibility index (Phi) is 1.53. The lowest BCUT2D eigenvalue weighted by Crippen LogP contribution is -2.18. The highest BCUT2D eigenvalue weighted by Crippen LogP contribution is 2.34. The van der Waals surface area contributed by atoms with Crippen LogP contribution in [-0.4, -0.2) is 9.78 Å². The van der Waals surface area contributed by atoms with Gasteiger partial charge in [0.1, 0.15) is 5.15 Å². The van der Waals surface area contributed by atoms with Crippen molar-refractivity contribution in [3.8, 4) is 0 Å². The second-order valence-corrected chi connectivity index (χ2v) is 3.28. The standard InChI is InChI=1S/C7H10ClN3/c8-7-6(9)4-10-11(7)5-2-1-3-5/h4-5H,1-3,9H2. The van der Waals surface area contributed by atoms with Gasteiger partial charge in [-0.3, -0.25) is 0 Å². The molecule has 0 saturated heterocycles. The topological polar surface area (TPSA) is 43.8 Å². The summed E-state index contributed by atoms with van der Waals surface area (Å²) in [6.45, 7) is 0. The molecule has 2 N–H and O–H groups in total. The number of nitrogens with zero attached hydrogens (tertiary/aromatic N) is 2. The van der Waals surface area contributed by atoms with Crippen molar-refractivity contribution in [1.82, 2.24) is 9.78 Å². The van der Waals surface area contributed by atoms with Crippen molar-refractivity contribution in [2.24, 2.45) is 0 Å². The first-order valence-electron chi connectivity index (χ1n) is 3.77. The Bertz CT molecular complexity index is 265. The number of aromatic nitrogens is 2. The van der Waals surface area contributed by atoms with Crippen LogP contribution in [-0.2, 0) is 0 Å². The summed E-state index contributed by atoms with van der Waals surface area (Å²) in [6.07, 6.45) is 5.25. The van der Waals surface area contributed by atoms with Gasteiger partial charge in [0.25, 0.3) is 0 Å². The largest absolute Gasteiger partial charge is 0.395 e. The minimum absolute atomic E-state index is 0.500.